The molecule has 0 saturated heterocycles. The molecule has 0 saturated carbocycles. The van der Waals surface area contributed by atoms with Gasteiger partial charge in [0.25, 0.3) is 5.91 Å². The molecule has 0 aliphatic carbocycles. The van der Waals surface area contributed by atoms with Crippen molar-refractivity contribution in [3.63, 3.8) is 0 Å². The molecule has 3 aromatic rings. The van der Waals surface area contributed by atoms with E-state index in [-0.39, 0.29) is 5.91 Å². The smallest absolute Gasteiger partial charge is 0.251 e. The molecule has 0 bridgehead atoms. The molecule has 1 amide bonds. The number of hydrogen-bond acceptors (Lipinski definition) is 4. The molecule has 0 fully saturated rings. The summed E-state index contributed by atoms with van der Waals surface area (Å²) in [5, 5.41) is 11.1. The highest BCUT2D eigenvalue weighted by Gasteiger charge is 2.12. The quantitative estimate of drug-likeness (QED) is 0.756. The fraction of sp³-hybridized carbons (Fsp3) is 0.250. The van der Waals surface area contributed by atoms with Crippen LogP contribution in [0.15, 0.2) is 41.2 Å². The molecule has 0 radical (unpaired) electrons. The van der Waals surface area contributed by atoms with Crippen LogP contribution >= 0.6 is 0 Å². The number of aromatic amines is 1. The van der Waals surface area contributed by atoms with E-state index in [0.717, 1.165) is 28.7 Å². The molecule has 6 heteroatoms. The molecule has 114 valence electrons. The Morgan fingerprint density at radius 2 is 2.23 bits per heavy atom. The van der Waals surface area contributed by atoms with Crippen molar-refractivity contribution in [1.82, 2.24) is 20.4 Å². The zero-order chi connectivity index (χ0) is 15.5. The highest BCUT2D eigenvalue weighted by molar-refractivity contribution is 6.01. The lowest BCUT2D eigenvalue weighted by atomic mass is 10.1. The highest BCUT2D eigenvalue weighted by Crippen LogP contribution is 2.27. The fourth-order valence-electron chi connectivity index (χ4n) is 2.27. The van der Waals surface area contributed by atoms with Crippen LogP contribution in [-0.2, 0) is 0 Å². The maximum Gasteiger partial charge on any atom is 0.251 e. The van der Waals surface area contributed by atoms with Crippen molar-refractivity contribution in [1.29, 1.82) is 0 Å². The standard InChI is InChI=1S/C16H18N4O2/c1-20(2)7-6-17-16(21)11-3-4-14-13(9-11)15(19-18-14)12-5-8-22-10-12/h3-5,8-10H,6-7H2,1-2H3,(H,17,21)(H,18,19). The monoisotopic (exact) mass is 298 g/mol. The first-order valence-corrected chi connectivity index (χ1v) is 7.09. The molecule has 2 N–H and O–H groups in total. The zero-order valence-corrected chi connectivity index (χ0v) is 12.6. The van der Waals surface area contributed by atoms with E-state index in [4.69, 9.17) is 4.42 Å². The molecule has 0 spiro atoms. The number of amides is 1. The van der Waals surface area contributed by atoms with Crippen LogP contribution in [0.5, 0.6) is 0 Å². The summed E-state index contributed by atoms with van der Waals surface area (Å²) in [6, 6.07) is 7.36. The number of H-pyrrole nitrogens is 1. The van der Waals surface area contributed by atoms with Crippen molar-refractivity contribution >= 4 is 16.8 Å². The predicted octanol–water partition coefficient (Wildman–Crippen LogP) is 2.11. The summed E-state index contributed by atoms with van der Waals surface area (Å²) in [5.74, 6) is -0.0805. The largest absolute Gasteiger partial charge is 0.472 e. The van der Waals surface area contributed by atoms with Crippen LogP contribution in [-0.4, -0.2) is 48.2 Å². The van der Waals surface area contributed by atoms with Gasteiger partial charge in [-0.15, -0.1) is 0 Å². The number of furan rings is 1. The number of likely N-dealkylation sites (N-methyl/N-ethyl adjacent to an activating group) is 1. The van der Waals surface area contributed by atoms with Gasteiger partial charge in [0.05, 0.1) is 18.0 Å². The molecular formula is C16H18N4O2. The summed E-state index contributed by atoms with van der Waals surface area (Å²) in [7, 11) is 3.95. The lowest BCUT2D eigenvalue weighted by Gasteiger charge is -2.10. The average molecular weight is 298 g/mol. The SMILES string of the molecule is CN(C)CCNC(=O)c1ccc2[nH]nc(-c3ccoc3)c2c1. The number of hydrogen-bond donors (Lipinski definition) is 2. The van der Waals surface area contributed by atoms with Gasteiger partial charge in [-0.2, -0.15) is 5.10 Å². The lowest BCUT2D eigenvalue weighted by Crippen LogP contribution is -2.31. The third-order valence-corrected chi connectivity index (χ3v) is 3.46. The van der Waals surface area contributed by atoms with Crippen LogP contribution in [0, 0.1) is 0 Å². The van der Waals surface area contributed by atoms with Crippen LogP contribution in [0.1, 0.15) is 10.4 Å². The Bertz CT molecular complexity index is 775. The first-order chi connectivity index (χ1) is 10.6. The average Bonchev–Trinajstić information content (AvgIpc) is 3.14. The summed E-state index contributed by atoms with van der Waals surface area (Å²) in [6.45, 7) is 1.42. The predicted molar refractivity (Wildman–Crippen MR) is 84.7 cm³/mol. The number of nitrogens with one attached hydrogen (secondary N) is 2. The van der Waals surface area contributed by atoms with Gasteiger partial charge in [-0.25, -0.2) is 0 Å². The number of carbonyl (C=O) groups is 1. The number of aromatic nitrogens is 2. The molecule has 0 unspecified atom stereocenters. The second kappa shape index (κ2) is 6.03. The van der Waals surface area contributed by atoms with Crippen molar-refractivity contribution in [2.75, 3.05) is 27.2 Å². The third kappa shape index (κ3) is 2.87. The molecular weight excluding hydrogens is 280 g/mol. The number of fused-ring (bicyclic) bond motifs is 1. The van der Waals surface area contributed by atoms with Gasteiger partial charge in [0.1, 0.15) is 5.69 Å². The number of benzene rings is 1. The van der Waals surface area contributed by atoms with E-state index in [1.165, 1.54) is 0 Å². The van der Waals surface area contributed by atoms with Crippen LogP contribution in [0.4, 0.5) is 0 Å². The topological polar surface area (TPSA) is 74.2 Å². The van der Waals surface area contributed by atoms with Gasteiger partial charge in [-0.1, -0.05) is 0 Å². The van der Waals surface area contributed by atoms with E-state index >= 15 is 0 Å². The van der Waals surface area contributed by atoms with E-state index < -0.39 is 0 Å². The van der Waals surface area contributed by atoms with Gasteiger partial charge >= 0.3 is 0 Å². The number of carbonyl (C=O) groups excluding carboxylic acids is 1. The first kappa shape index (κ1) is 14.3. The fourth-order valence-corrected chi connectivity index (χ4v) is 2.27. The Balaban J connectivity index is 1.86. The minimum absolute atomic E-state index is 0.0805. The Morgan fingerprint density at radius 3 is 2.95 bits per heavy atom. The van der Waals surface area contributed by atoms with E-state index in [0.29, 0.717) is 12.1 Å². The van der Waals surface area contributed by atoms with Gasteiger partial charge in [-0.05, 0) is 38.4 Å². The maximum absolute atomic E-state index is 12.2. The first-order valence-electron chi connectivity index (χ1n) is 7.09. The Kier molecular flexibility index (Phi) is 3.93. The third-order valence-electron chi connectivity index (χ3n) is 3.46. The van der Waals surface area contributed by atoms with Crippen LogP contribution < -0.4 is 5.32 Å². The van der Waals surface area contributed by atoms with E-state index in [2.05, 4.69) is 15.5 Å². The van der Waals surface area contributed by atoms with Crippen LogP contribution in [0.25, 0.3) is 22.2 Å². The Hall–Kier alpha value is -2.60. The number of nitrogens with zero attached hydrogens (tertiary/aromatic N) is 2. The summed E-state index contributed by atoms with van der Waals surface area (Å²) in [5.41, 5.74) is 3.18. The van der Waals surface area contributed by atoms with Crippen molar-refractivity contribution in [3.8, 4) is 11.3 Å². The summed E-state index contributed by atoms with van der Waals surface area (Å²) < 4.78 is 5.10. The van der Waals surface area contributed by atoms with Gasteiger partial charge in [0.15, 0.2) is 0 Å². The minimum Gasteiger partial charge on any atom is -0.472 e. The maximum atomic E-state index is 12.2. The second-order valence-corrected chi connectivity index (χ2v) is 5.40. The minimum atomic E-state index is -0.0805. The molecule has 0 aliphatic heterocycles. The van der Waals surface area contributed by atoms with Gasteiger partial charge < -0.3 is 14.6 Å². The summed E-state index contributed by atoms with van der Waals surface area (Å²) >= 11 is 0. The molecule has 22 heavy (non-hydrogen) atoms. The van der Waals surface area contributed by atoms with Crippen molar-refractivity contribution in [3.05, 3.63) is 42.4 Å². The summed E-state index contributed by atoms with van der Waals surface area (Å²) in [4.78, 5) is 14.2. The zero-order valence-electron chi connectivity index (χ0n) is 12.6. The van der Waals surface area contributed by atoms with Crippen molar-refractivity contribution in [2.24, 2.45) is 0 Å². The Morgan fingerprint density at radius 1 is 1.36 bits per heavy atom. The second-order valence-electron chi connectivity index (χ2n) is 5.40. The number of rotatable bonds is 5. The van der Waals surface area contributed by atoms with E-state index in [9.17, 15) is 4.79 Å². The Labute approximate surface area is 128 Å². The lowest BCUT2D eigenvalue weighted by molar-refractivity contribution is 0.0951. The highest BCUT2D eigenvalue weighted by atomic mass is 16.3. The molecule has 0 aliphatic rings. The molecule has 0 atom stereocenters. The van der Waals surface area contributed by atoms with E-state index in [1.807, 2.05) is 37.2 Å². The molecule has 3 rings (SSSR count). The van der Waals surface area contributed by atoms with Gasteiger partial charge in [0.2, 0.25) is 0 Å². The normalized spacial score (nSPS) is 11.2. The van der Waals surface area contributed by atoms with E-state index in [1.54, 1.807) is 18.6 Å². The van der Waals surface area contributed by atoms with Crippen LogP contribution in [0.3, 0.4) is 0 Å². The summed E-state index contributed by atoms with van der Waals surface area (Å²) in [6.07, 6.45) is 3.24. The molecule has 2 heterocycles. The van der Waals surface area contributed by atoms with Crippen molar-refractivity contribution < 1.29 is 9.21 Å². The van der Waals surface area contributed by atoms with Crippen LogP contribution in [0.2, 0.25) is 0 Å². The van der Waals surface area contributed by atoms with Crippen molar-refractivity contribution in [2.45, 2.75) is 0 Å². The van der Waals surface area contributed by atoms with Gasteiger partial charge in [0, 0.05) is 29.6 Å². The molecule has 1 aromatic carbocycles. The molecule has 6 nitrogen and oxygen atoms in total. The van der Waals surface area contributed by atoms with Gasteiger partial charge in [-0.3, -0.25) is 9.89 Å². The molecule has 2 aromatic heterocycles.